The van der Waals surface area contributed by atoms with Gasteiger partial charge in [0.1, 0.15) is 0 Å². The number of fused-ring (bicyclic) bond motifs is 1. The summed E-state index contributed by atoms with van der Waals surface area (Å²) < 4.78 is 0. The molecular formula is C15H15N3O2S. The Bertz CT molecular complexity index is 907. The van der Waals surface area contributed by atoms with Crippen molar-refractivity contribution in [2.45, 2.75) is 13.0 Å². The van der Waals surface area contributed by atoms with E-state index in [0.717, 1.165) is 5.56 Å². The summed E-state index contributed by atoms with van der Waals surface area (Å²) in [6.07, 6.45) is 0. The monoisotopic (exact) mass is 301 g/mol. The average Bonchev–Trinajstić information content (AvgIpc) is 2.88. The maximum absolute atomic E-state index is 11.5. The van der Waals surface area contributed by atoms with Gasteiger partial charge in [0.15, 0.2) is 0 Å². The topological polar surface area (TPSA) is 77.8 Å². The first-order valence-electron chi connectivity index (χ1n) is 6.57. The first kappa shape index (κ1) is 13.8. The molecule has 21 heavy (non-hydrogen) atoms. The van der Waals surface area contributed by atoms with Gasteiger partial charge in [0.2, 0.25) is 0 Å². The highest BCUT2D eigenvalue weighted by Crippen LogP contribution is 2.29. The Morgan fingerprint density at radius 1 is 1.10 bits per heavy atom. The number of aromatic nitrogens is 2. The fourth-order valence-electron chi connectivity index (χ4n) is 2.44. The molecule has 1 aromatic carbocycles. The summed E-state index contributed by atoms with van der Waals surface area (Å²) in [5.41, 5.74) is 2.27. The second kappa shape index (κ2) is 5.31. The quantitative estimate of drug-likeness (QED) is 0.647. The van der Waals surface area contributed by atoms with Gasteiger partial charge in [-0.1, -0.05) is 6.07 Å². The lowest BCUT2D eigenvalue weighted by molar-refractivity contribution is 0.701. The smallest absolute Gasteiger partial charge is 0.314 e. The number of thiophene rings is 1. The van der Waals surface area contributed by atoms with Crippen LogP contribution in [0, 0.1) is 6.92 Å². The Morgan fingerprint density at radius 3 is 2.43 bits per heavy atom. The molecule has 6 heteroatoms. The van der Waals surface area contributed by atoms with Crippen LogP contribution in [0.15, 0.2) is 39.2 Å². The van der Waals surface area contributed by atoms with Crippen LogP contribution in [0.3, 0.4) is 0 Å². The highest BCUT2D eigenvalue weighted by atomic mass is 32.1. The summed E-state index contributed by atoms with van der Waals surface area (Å²) in [5, 5.41) is 5.36. The van der Waals surface area contributed by atoms with Gasteiger partial charge in [-0.15, -0.1) is 11.3 Å². The normalized spacial score (nSPS) is 12.7. The van der Waals surface area contributed by atoms with Crippen LogP contribution in [0.4, 0.5) is 0 Å². The minimum Gasteiger partial charge on any atom is -0.316 e. The first-order valence-corrected chi connectivity index (χ1v) is 7.45. The summed E-state index contributed by atoms with van der Waals surface area (Å²) >= 11 is 1.70. The standard InChI is InChI=1S/C15H15N3O2S/c1-8-5-6-21-13(8)12(16-2)9-3-4-10-11(7-9)18-15(20)14(19)17-10/h3-7,12,16H,1-2H3,(H,17,19)(H,18,20). The van der Waals surface area contributed by atoms with Crippen LogP contribution >= 0.6 is 11.3 Å². The van der Waals surface area contributed by atoms with Crippen molar-refractivity contribution in [3.8, 4) is 0 Å². The fraction of sp³-hybridized carbons (Fsp3) is 0.200. The van der Waals surface area contributed by atoms with Gasteiger partial charge in [-0.2, -0.15) is 0 Å². The van der Waals surface area contributed by atoms with Gasteiger partial charge in [-0.3, -0.25) is 9.59 Å². The minimum atomic E-state index is -0.632. The molecule has 0 aliphatic rings. The number of nitrogens with one attached hydrogen (secondary N) is 3. The summed E-state index contributed by atoms with van der Waals surface area (Å²) in [5.74, 6) is 0. The molecule has 0 bridgehead atoms. The summed E-state index contributed by atoms with van der Waals surface area (Å²) in [6.45, 7) is 2.08. The predicted octanol–water partition coefficient (Wildman–Crippen LogP) is 1.90. The van der Waals surface area contributed by atoms with E-state index in [1.54, 1.807) is 11.3 Å². The lowest BCUT2D eigenvalue weighted by Gasteiger charge is -2.17. The van der Waals surface area contributed by atoms with Crippen molar-refractivity contribution in [1.82, 2.24) is 15.3 Å². The summed E-state index contributed by atoms with van der Waals surface area (Å²) in [4.78, 5) is 29.2. The van der Waals surface area contributed by atoms with E-state index in [1.165, 1.54) is 10.4 Å². The Hall–Kier alpha value is -2.18. The zero-order valence-electron chi connectivity index (χ0n) is 11.7. The molecule has 3 aromatic rings. The van der Waals surface area contributed by atoms with E-state index in [9.17, 15) is 9.59 Å². The molecule has 1 atom stereocenters. The maximum atomic E-state index is 11.5. The van der Waals surface area contributed by atoms with E-state index in [2.05, 4.69) is 33.7 Å². The Kier molecular flexibility index (Phi) is 3.48. The van der Waals surface area contributed by atoms with Crippen LogP contribution in [0.1, 0.15) is 22.0 Å². The average molecular weight is 301 g/mol. The van der Waals surface area contributed by atoms with Crippen LogP contribution < -0.4 is 16.4 Å². The molecule has 0 amide bonds. The van der Waals surface area contributed by atoms with Gasteiger partial charge in [0, 0.05) is 4.88 Å². The number of aryl methyl sites for hydroxylation is 1. The number of aromatic amines is 2. The molecule has 108 valence electrons. The molecule has 3 N–H and O–H groups in total. The summed E-state index contributed by atoms with van der Waals surface area (Å²) in [7, 11) is 1.91. The van der Waals surface area contributed by atoms with Crippen molar-refractivity contribution >= 4 is 22.4 Å². The van der Waals surface area contributed by atoms with E-state index in [-0.39, 0.29) is 6.04 Å². The molecule has 0 spiro atoms. The van der Waals surface area contributed by atoms with Crippen molar-refractivity contribution in [2.75, 3.05) is 7.05 Å². The molecular weight excluding hydrogens is 286 g/mol. The first-order chi connectivity index (χ1) is 10.1. The van der Waals surface area contributed by atoms with Crippen LogP contribution in [-0.2, 0) is 0 Å². The molecule has 5 nitrogen and oxygen atoms in total. The van der Waals surface area contributed by atoms with Gasteiger partial charge in [0.25, 0.3) is 0 Å². The Balaban J connectivity index is 2.15. The summed E-state index contributed by atoms with van der Waals surface area (Å²) in [6, 6.07) is 7.81. The van der Waals surface area contributed by atoms with E-state index >= 15 is 0 Å². The highest BCUT2D eigenvalue weighted by Gasteiger charge is 2.16. The number of hydrogen-bond donors (Lipinski definition) is 3. The van der Waals surface area contributed by atoms with Gasteiger partial charge in [-0.05, 0) is 48.7 Å². The third-order valence-electron chi connectivity index (χ3n) is 3.53. The molecule has 0 aliphatic carbocycles. The molecule has 2 heterocycles. The van der Waals surface area contributed by atoms with Gasteiger partial charge < -0.3 is 15.3 Å². The third kappa shape index (κ3) is 2.43. The Morgan fingerprint density at radius 2 is 1.81 bits per heavy atom. The zero-order chi connectivity index (χ0) is 15.0. The molecule has 0 saturated carbocycles. The molecule has 1 unspecified atom stereocenters. The van der Waals surface area contributed by atoms with Crippen molar-refractivity contribution in [3.05, 3.63) is 66.4 Å². The van der Waals surface area contributed by atoms with Crippen molar-refractivity contribution < 1.29 is 0 Å². The second-order valence-electron chi connectivity index (χ2n) is 4.90. The zero-order valence-corrected chi connectivity index (χ0v) is 12.5. The highest BCUT2D eigenvalue weighted by molar-refractivity contribution is 7.10. The second-order valence-corrected chi connectivity index (χ2v) is 5.85. The lowest BCUT2D eigenvalue weighted by atomic mass is 10.0. The number of H-pyrrole nitrogens is 2. The fourth-order valence-corrected chi connectivity index (χ4v) is 3.50. The van der Waals surface area contributed by atoms with Gasteiger partial charge in [-0.25, -0.2) is 0 Å². The van der Waals surface area contributed by atoms with Crippen LogP contribution in [-0.4, -0.2) is 17.0 Å². The van der Waals surface area contributed by atoms with Crippen molar-refractivity contribution in [2.24, 2.45) is 0 Å². The number of benzene rings is 1. The van der Waals surface area contributed by atoms with E-state index in [0.29, 0.717) is 11.0 Å². The van der Waals surface area contributed by atoms with E-state index < -0.39 is 11.1 Å². The van der Waals surface area contributed by atoms with Crippen LogP contribution in [0.5, 0.6) is 0 Å². The number of rotatable bonds is 3. The minimum absolute atomic E-state index is 0.0600. The lowest BCUT2D eigenvalue weighted by Crippen LogP contribution is -2.29. The molecule has 0 fully saturated rings. The van der Waals surface area contributed by atoms with Crippen molar-refractivity contribution in [3.63, 3.8) is 0 Å². The van der Waals surface area contributed by atoms with Gasteiger partial charge >= 0.3 is 11.1 Å². The van der Waals surface area contributed by atoms with Crippen LogP contribution in [0.25, 0.3) is 11.0 Å². The molecule has 3 rings (SSSR count). The molecule has 0 saturated heterocycles. The van der Waals surface area contributed by atoms with Crippen LogP contribution in [0.2, 0.25) is 0 Å². The predicted molar refractivity (Wildman–Crippen MR) is 85.1 cm³/mol. The Labute approximate surface area is 124 Å². The molecule has 2 aromatic heterocycles. The SMILES string of the molecule is CNC(c1ccc2[nH]c(=O)c(=O)[nH]c2c1)c1sccc1C. The molecule has 0 radical (unpaired) electrons. The van der Waals surface area contributed by atoms with Crippen molar-refractivity contribution in [1.29, 1.82) is 0 Å². The number of hydrogen-bond acceptors (Lipinski definition) is 4. The maximum Gasteiger partial charge on any atom is 0.314 e. The third-order valence-corrected chi connectivity index (χ3v) is 4.62. The van der Waals surface area contributed by atoms with Gasteiger partial charge in [0.05, 0.1) is 17.1 Å². The van der Waals surface area contributed by atoms with E-state index in [1.807, 2.05) is 25.2 Å². The molecule has 0 aliphatic heterocycles. The van der Waals surface area contributed by atoms with E-state index in [4.69, 9.17) is 0 Å². The largest absolute Gasteiger partial charge is 0.316 e.